The molecule has 1 atom stereocenters. The van der Waals surface area contributed by atoms with Crippen LogP contribution >= 0.6 is 11.3 Å². The van der Waals surface area contributed by atoms with Crippen molar-refractivity contribution in [2.75, 3.05) is 5.32 Å². The van der Waals surface area contributed by atoms with Gasteiger partial charge in [-0.1, -0.05) is 0 Å². The lowest BCUT2D eigenvalue weighted by Crippen LogP contribution is -2.40. The van der Waals surface area contributed by atoms with Crippen LogP contribution in [0.5, 0.6) is 0 Å². The Kier molecular flexibility index (Phi) is 6.56. The summed E-state index contributed by atoms with van der Waals surface area (Å²) >= 11 is 0.901. The number of halogens is 6. The van der Waals surface area contributed by atoms with Crippen LogP contribution in [0.4, 0.5) is 31.5 Å². The quantitative estimate of drug-likeness (QED) is 0.685. The van der Waals surface area contributed by atoms with Gasteiger partial charge in [0.1, 0.15) is 6.04 Å². The van der Waals surface area contributed by atoms with Gasteiger partial charge in [0, 0.05) is 24.4 Å². The summed E-state index contributed by atoms with van der Waals surface area (Å²) in [5.74, 6) is -0.989. The molecule has 2 aromatic rings. The van der Waals surface area contributed by atoms with Crippen LogP contribution in [0.25, 0.3) is 0 Å². The number of benzene rings is 1. The fraction of sp³-hybridized carbons (Fsp3) is 0.353. The molecule has 0 saturated carbocycles. The monoisotopic (exact) mass is 439 g/mol. The molecule has 29 heavy (non-hydrogen) atoms. The minimum Gasteiger partial charge on any atom is -0.345 e. The highest BCUT2D eigenvalue weighted by molar-refractivity contribution is 7.15. The molecule has 0 bridgehead atoms. The van der Waals surface area contributed by atoms with E-state index in [1.165, 1.54) is 20.0 Å². The molecule has 12 heteroatoms. The first-order valence-corrected chi connectivity index (χ1v) is 8.88. The van der Waals surface area contributed by atoms with E-state index in [-0.39, 0.29) is 23.2 Å². The van der Waals surface area contributed by atoms with E-state index in [2.05, 4.69) is 15.6 Å². The number of hydrogen-bond donors (Lipinski definition) is 2. The van der Waals surface area contributed by atoms with Gasteiger partial charge in [0.15, 0.2) is 5.13 Å². The van der Waals surface area contributed by atoms with Crippen molar-refractivity contribution in [1.29, 1.82) is 0 Å². The number of hydrogen-bond acceptors (Lipinski definition) is 4. The minimum atomic E-state index is -4.93. The van der Waals surface area contributed by atoms with Gasteiger partial charge in [-0.25, -0.2) is 4.98 Å². The number of aromatic nitrogens is 1. The molecule has 0 aliphatic rings. The number of amides is 2. The SMILES string of the molecule is CC(=O)NC(C)C(=O)Nc1ncc(Cc2cc(C(F)(F)F)cc(C(F)(F)F)c2)s1. The van der Waals surface area contributed by atoms with Gasteiger partial charge >= 0.3 is 12.4 Å². The minimum absolute atomic E-state index is 0.0607. The normalized spacial score (nSPS) is 13.1. The summed E-state index contributed by atoms with van der Waals surface area (Å²) in [4.78, 5) is 27.1. The third-order valence-corrected chi connectivity index (χ3v) is 4.54. The van der Waals surface area contributed by atoms with E-state index in [1.807, 2.05) is 0 Å². The first kappa shape index (κ1) is 22.7. The van der Waals surface area contributed by atoms with Gasteiger partial charge in [0.2, 0.25) is 11.8 Å². The molecule has 2 amide bonds. The van der Waals surface area contributed by atoms with Gasteiger partial charge in [-0.15, -0.1) is 11.3 Å². The predicted octanol–water partition coefficient (Wildman–Crippen LogP) is 4.23. The second-order valence-electron chi connectivity index (χ2n) is 6.13. The number of nitrogens with one attached hydrogen (secondary N) is 2. The molecule has 0 spiro atoms. The van der Waals surface area contributed by atoms with Crippen LogP contribution in [-0.2, 0) is 28.4 Å². The zero-order valence-electron chi connectivity index (χ0n) is 15.0. The van der Waals surface area contributed by atoms with E-state index in [1.54, 1.807) is 0 Å². The molecule has 1 unspecified atom stereocenters. The van der Waals surface area contributed by atoms with Crippen molar-refractivity contribution in [3.8, 4) is 0 Å². The summed E-state index contributed by atoms with van der Waals surface area (Å²) in [5.41, 5.74) is -2.99. The van der Waals surface area contributed by atoms with Gasteiger partial charge in [0.05, 0.1) is 11.1 Å². The first-order chi connectivity index (χ1) is 13.3. The van der Waals surface area contributed by atoms with Gasteiger partial charge in [-0.05, 0) is 30.7 Å². The maximum Gasteiger partial charge on any atom is 0.416 e. The zero-order valence-corrected chi connectivity index (χ0v) is 15.9. The van der Waals surface area contributed by atoms with Crippen molar-refractivity contribution >= 4 is 28.3 Å². The summed E-state index contributed by atoms with van der Waals surface area (Å²) < 4.78 is 77.6. The average molecular weight is 439 g/mol. The van der Waals surface area contributed by atoms with E-state index in [0.29, 0.717) is 17.0 Å². The lowest BCUT2D eigenvalue weighted by molar-refractivity contribution is -0.143. The Morgan fingerprint density at radius 3 is 2.10 bits per heavy atom. The molecule has 5 nitrogen and oxygen atoms in total. The van der Waals surface area contributed by atoms with Crippen LogP contribution in [0, 0.1) is 0 Å². The van der Waals surface area contributed by atoms with Crippen LogP contribution < -0.4 is 10.6 Å². The number of carbonyl (C=O) groups is 2. The van der Waals surface area contributed by atoms with Gasteiger partial charge in [-0.2, -0.15) is 26.3 Å². The lowest BCUT2D eigenvalue weighted by atomic mass is 10.0. The first-order valence-electron chi connectivity index (χ1n) is 8.06. The third-order valence-electron chi connectivity index (χ3n) is 3.62. The molecule has 0 radical (unpaired) electrons. The predicted molar refractivity (Wildman–Crippen MR) is 93.3 cm³/mol. The van der Waals surface area contributed by atoms with Crippen LogP contribution in [0.15, 0.2) is 24.4 Å². The topological polar surface area (TPSA) is 71.1 Å². The Hall–Kier alpha value is -2.63. The summed E-state index contributed by atoms with van der Waals surface area (Å²) in [7, 11) is 0. The van der Waals surface area contributed by atoms with Crippen molar-refractivity contribution in [1.82, 2.24) is 10.3 Å². The van der Waals surface area contributed by atoms with Crippen LogP contribution in [-0.4, -0.2) is 22.8 Å². The summed E-state index contributed by atoms with van der Waals surface area (Å²) in [6.45, 7) is 2.67. The molecule has 0 saturated heterocycles. The maximum atomic E-state index is 12.9. The smallest absolute Gasteiger partial charge is 0.345 e. The van der Waals surface area contributed by atoms with E-state index in [9.17, 15) is 35.9 Å². The number of nitrogens with zero attached hydrogens (tertiary/aromatic N) is 1. The highest BCUT2D eigenvalue weighted by atomic mass is 32.1. The second-order valence-corrected chi connectivity index (χ2v) is 7.25. The number of anilines is 1. The molecule has 1 heterocycles. The highest BCUT2D eigenvalue weighted by Crippen LogP contribution is 2.37. The summed E-state index contributed by atoms with van der Waals surface area (Å²) in [5, 5.41) is 4.88. The lowest BCUT2D eigenvalue weighted by Gasteiger charge is -2.14. The molecule has 2 N–H and O–H groups in total. The Bertz CT molecular complexity index is 875. The van der Waals surface area contributed by atoms with Crippen LogP contribution in [0.2, 0.25) is 0 Å². The molecular formula is C17H15F6N3O2S. The van der Waals surface area contributed by atoms with Crippen molar-refractivity contribution in [3.05, 3.63) is 46.0 Å². The van der Waals surface area contributed by atoms with E-state index < -0.39 is 41.3 Å². The molecule has 0 fully saturated rings. The molecule has 1 aromatic carbocycles. The maximum absolute atomic E-state index is 12.9. The second kappa shape index (κ2) is 8.39. The average Bonchev–Trinajstić information content (AvgIpc) is 2.99. The number of carbonyl (C=O) groups excluding carboxylic acids is 2. The van der Waals surface area contributed by atoms with Crippen molar-refractivity contribution in [3.63, 3.8) is 0 Å². The van der Waals surface area contributed by atoms with E-state index in [0.717, 1.165) is 11.3 Å². The van der Waals surface area contributed by atoms with Gasteiger partial charge in [-0.3, -0.25) is 9.59 Å². The molecule has 0 aliphatic carbocycles. The Balaban J connectivity index is 2.20. The van der Waals surface area contributed by atoms with E-state index in [4.69, 9.17) is 0 Å². The number of thiazole rings is 1. The zero-order chi connectivity index (χ0) is 22.0. The van der Waals surface area contributed by atoms with Gasteiger partial charge < -0.3 is 10.6 Å². The van der Waals surface area contributed by atoms with Crippen molar-refractivity contribution in [2.24, 2.45) is 0 Å². The highest BCUT2D eigenvalue weighted by Gasteiger charge is 2.36. The summed E-state index contributed by atoms with van der Waals surface area (Å²) in [6, 6.07) is 0.501. The Morgan fingerprint density at radius 1 is 1.07 bits per heavy atom. The molecular weight excluding hydrogens is 424 g/mol. The van der Waals surface area contributed by atoms with Crippen LogP contribution in [0.1, 0.15) is 35.4 Å². The van der Waals surface area contributed by atoms with E-state index >= 15 is 0 Å². The Morgan fingerprint density at radius 2 is 1.62 bits per heavy atom. The molecule has 1 aromatic heterocycles. The van der Waals surface area contributed by atoms with Crippen LogP contribution in [0.3, 0.4) is 0 Å². The largest absolute Gasteiger partial charge is 0.416 e. The third kappa shape index (κ3) is 6.44. The molecule has 158 valence electrons. The molecule has 0 aliphatic heterocycles. The Labute approximate surface area is 165 Å². The molecule has 2 rings (SSSR count). The fourth-order valence-corrected chi connectivity index (χ4v) is 3.20. The number of alkyl halides is 6. The van der Waals surface area contributed by atoms with Crippen molar-refractivity contribution in [2.45, 2.75) is 38.7 Å². The standard InChI is InChI=1S/C17H15F6N3O2S/c1-8(25-9(2)27)14(28)26-15-24-7-13(29-15)5-10-3-11(16(18,19)20)6-12(4-10)17(21,22)23/h3-4,6-8H,5H2,1-2H3,(H,25,27)(H,24,26,28). The number of rotatable bonds is 5. The fourth-order valence-electron chi connectivity index (χ4n) is 2.35. The van der Waals surface area contributed by atoms with Crippen molar-refractivity contribution < 1.29 is 35.9 Å². The van der Waals surface area contributed by atoms with Gasteiger partial charge in [0.25, 0.3) is 0 Å². The summed E-state index contributed by atoms with van der Waals surface area (Å²) in [6.07, 6.45) is -8.84.